The molecule has 0 radical (unpaired) electrons. The van der Waals surface area contributed by atoms with Crippen LogP contribution in [0.1, 0.15) is 36.8 Å². The van der Waals surface area contributed by atoms with Gasteiger partial charge in [-0.15, -0.1) is 0 Å². The zero-order valence-electron chi connectivity index (χ0n) is 19.4. The van der Waals surface area contributed by atoms with Gasteiger partial charge in [0.05, 0.1) is 4.90 Å². The van der Waals surface area contributed by atoms with Crippen LogP contribution in [-0.4, -0.2) is 20.8 Å². The first kappa shape index (κ1) is 27.9. The first-order valence-electron chi connectivity index (χ1n) is 11.3. The molecule has 0 unspecified atom stereocenters. The molecule has 12 heteroatoms. The standard InChI is InChI=1S/C26H20F8O3S/c27-19-7-11-21(12-8-19)37-24(25(29,30)31,26(32,33)34)18-5-3-17(4-6-18)23(15-1-2-16-23)38(35,36)22-13-9-20(28)10-14-22/h3-14H,1-2,15-16H2. The van der Waals surface area contributed by atoms with Crippen molar-refractivity contribution in [3.63, 3.8) is 0 Å². The van der Waals surface area contributed by atoms with Crippen molar-refractivity contribution >= 4 is 9.84 Å². The van der Waals surface area contributed by atoms with Crippen LogP contribution in [-0.2, 0) is 20.2 Å². The Morgan fingerprint density at radius 3 is 1.55 bits per heavy atom. The normalized spacial score (nSPS) is 16.4. The zero-order chi connectivity index (χ0) is 28.0. The molecule has 3 aromatic rings. The van der Waals surface area contributed by atoms with Crippen molar-refractivity contribution in [2.45, 2.75) is 53.3 Å². The summed E-state index contributed by atoms with van der Waals surface area (Å²) in [5.41, 5.74) is -6.16. The average molecular weight is 564 g/mol. The molecular weight excluding hydrogens is 544 g/mol. The Balaban J connectivity index is 1.84. The number of hydrogen-bond acceptors (Lipinski definition) is 3. The van der Waals surface area contributed by atoms with E-state index in [1.54, 1.807) is 0 Å². The number of ether oxygens (including phenoxy) is 1. The summed E-state index contributed by atoms with van der Waals surface area (Å²) in [4.78, 5) is -0.218. The summed E-state index contributed by atoms with van der Waals surface area (Å²) in [6.07, 6.45) is -11.0. The highest BCUT2D eigenvalue weighted by atomic mass is 32.2. The van der Waals surface area contributed by atoms with Gasteiger partial charge in [0.2, 0.25) is 0 Å². The van der Waals surface area contributed by atoms with Gasteiger partial charge in [-0.2, -0.15) is 26.3 Å². The smallest absolute Gasteiger partial charge is 0.442 e. The van der Waals surface area contributed by atoms with Crippen LogP contribution < -0.4 is 4.74 Å². The lowest BCUT2D eigenvalue weighted by molar-refractivity contribution is -0.365. The second-order valence-corrected chi connectivity index (χ2v) is 11.2. The fourth-order valence-corrected chi connectivity index (χ4v) is 7.07. The molecule has 3 aromatic carbocycles. The highest BCUT2D eigenvalue weighted by Crippen LogP contribution is 2.54. The molecule has 0 N–H and O–H groups in total. The summed E-state index contributed by atoms with van der Waals surface area (Å²) < 4.78 is 142. The monoisotopic (exact) mass is 564 g/mol. The number of alkyl halides is 6. The van der Waals surface area contributed by atoms with Crippen molar-refractivity contribution in [2.24, 2.45) is 0 Å². The number of halogens is 8. The minimum atomic E-state index is -6.01. The first-order chi connectivity index (χ1) is 17.6. The topological polar surface area (TPSA) is 43.4 Å². The lowest BCUT2D eigenvalue weighted by atomic mass is 9.88. The van der Waals surface area contributed by atoms with E-state index in [4.69, 9.17) is 0 Å². The van der Waals surface area contributed by atoms with Crippen LogP contribution in [0.25, 0.3) is 0 Å². The quantitative estimate of drug-likeness (QED) is 0.229. The average Bonchev–Trinajstić information content (AvgIpc) is 3.35. The van der Waals surface area contributed by atoms with E-state index in [1.807, 2.05) is 0 Å². The van der Waals surface area contributed by atoms with Gasteiger partial charge in [0.15, 0.2) is 9.84 Å². The molecule has 204 valence electrons. The summed E-state index contributed by atoms with van der Waals surface area (Å²) in [6, 6.07) is 9.53. The number of rotatable bonds is 6. The summed E-state index contributed by atoms with van der Waals surface area (Å²) in [5.74, 6) is -2.45. The Hall–Kier alpha value is -3.15. The van der Waals surface area contributed by atoms with E-state index in [9.17, 15) is 43.5 Å². The van der Waals surface area contributed by atoms with Crippen LogP contribution in [0, 0.1) is 11.6 Å². The fourth-order valence-electron chi connectivity index (χ4n) is 4.85. The van der Waals surface area contributed by atoms with Gasteiger partial charge in [0.1, 0.15) is 22.1 Å². The van der Waals surface area contributed by atoms with Gasteiger partial charge < -0.3 is 4.74 Å². The van der Waals surface area contributed by atoms with Crippen LogP contribution in [0.2, 0.25) is 0 Å². The molecule has 4 rings (SSSR count). The van der Waals surface area contributed by atoms with E-state index in [2.05, 4.69) is 4.74 Å². The Labute approximate surface area is 213 Å². The van der Waals surface area contributed by atoms with E-state index in [1.165, 1.54) is 0 Å². The summed E-state index contributed by atoms with van der Waals surface area (Å²) in [7, 11) is -4.21. The van der Waals surface area contributed by atoms with Crippen molar-refractivity contribution < 1.29 is 48.3 Å². The first-order valence-corrected chi connectivity index (χ1v) is 12.8. The Morgan fingerprint density at radius 1 is 0.658 bits per heavy atom. The number of hydrogen-bond donors (Lipinski definition) is 0. The molecular formula is C26H20F8O3S. The van der Waals surface area contributed by atoms with Crippen LogP contribution in [0.5, 0.6) is 5.75 Å². The van der Waals surface area contributed by atoms with Crippen LogP contribution in [0.4, 0.5) is 35.1 Å². The van der Waals surface area contributed by atoms with Crippen LogP contribution in [0.3, 0.4) is 0 Å². The van der Waals surface area contributed by atoms with Crippen LogP contribution in [0.15, 0.2) is 77.7 Å². The molecule has 1 fully saturated rings. The third-order valence-corrected chi connectivity index (χ3v) is 9.32. The van der Waals surface area contributed by atoms with Gasteiger partial charge in [0, 0.05) is 5.56 Å². The minimum Gasteiger partial charge on any atom is -0.464 e. The third kappa shape index (κ3) is 4.52. The second kappa shape index (κ2) is 9.55. The lowest BCUT2D eigenvalue weighted by Crippen LogP contribution is -2.58. The highest BCUT2D eigenvalue weighted by molar-refractivity contribution is 7.92. The molecule has 0 amide bonds. The van der Waals surface area contributed by atoms with Crippen molar-refractivity contribution in [3.05, 3.63) is 95.6 Å². The SMILES string of the molecule is O=S(=O)(c1ccc(F)cc1)C1(c2ccc(C(Oc3ccc(F)cc3)(C(F)(F)F)C(F)(F)F)cc2)CCCC1. The summed E-state index contributed by atoms with van der Waals surface area (Å²) in [6.45, 7) is 0. The Bertz CT molecular complexity index is 1360. The Morgan fingerprint density at radius 2 is 1.11 bits per heavy atom. The molecule has 3 nitrogen and oxygen atoms in total. The molecule has 0 spiro atoms. The van der Waals surface area contributed by atoms with Gasteiger partial charge in [-0.1, -0.05) is 37.1 Å². The van der Waals surface area contributed by atoms with Crippen molar-refractivity contribution in [1.82, 2.24) is 0 Å². The van der Waals surface area contributed by atoms with E-state index < -0.39 is 55.5 Å². The molecule has 0 aromatic heterocycles. The zero-order valence-corrected chi connectivity index (χ0v) is 20.2. The minimum absolute atomic E-state index is 0.00288. The maximum Gasteiger partial charge on any atom is 0.442 e. The maximum absolute atomic E-state index is 14.2. The van der Waals surface area contributed by atoms with Gasteiger partial charge in [-0.3, -0.25) is 0 Å². The molecule has 0 atom stereocenters. The van der Waals surface area contributed by atoms with E-state index in [-0.39, 0.29) is 23.3 Å². The van der Waals surface area contributed by atoms with Crippen molar-refractivity contribution in [1.29, 1.82) is 0 Å². The van der Waals surface area contributed by atoms with Crippen LogP contribution >= 0.6 is 0 Å². The highest BCUT2D eigenvalue weighted by Gasteiger charge is 2.74. The van der Waals surface area contributed by atoms with E-state index in [0.717, 1.165) is 36.4 Å². The van der Waals surface area contributed by atoms with Gasteiger partial charge in [-0.25, -0.2) is 17.2 Å². The molecule has 1 aliphatic carbocycles. The van der Waals surface area contributed by atoms with Crippen molar-refractivity contribution in [2.75, 3.05) is 0 Å². The summed E-state index contributed by atoms with van der Waals surface area (Å²) in [5, 5.41) is 0. The Kier molecular flexibility index (Phi) is 7.00. The molecule has 0 saturated heterocycles. The molecule has 1 aliphatic rings. The number of sulfone groups is 1. The predicted molar refractivity (Wildman–Crippen MR) is 121 cm³/mol. The molecule has 0 bridgehead atoms. The van der Waals surface area contributed by atoms with Crippen molar-refractivity contribution in [3.8, 4) is 5.75 Å². The van der Waals surface area contributed by atoms with Gasteiger partial charge in [-0.05, 0) is 66.9 Å². The summed E-state index contributed by atoms with van der Waals surface area (Å²) >= 11 is 0. The predicted octanol–water partition coefficient (Wildman–Crippen LogP) is 7.61. The third-order valence-electron chi connectivity index (χ3n) is 6.75. The molecule has 0 heterocycles. The molecule has 1 saturated carbocycles. The second-order valence-electron chi connectivity index (χ2n) is 8.97. The maximum atomic E-state index is 14.2. The van der Waals surface area contributed by atoms with Gasteiger partial charge >= 0.3 is 18.0 Å². The molecule has 0 aliphatic heterocycles. The van der Waals surface area contributed by atoms with Gasteiger partial charge in [0.25, 0.3) is 0 Å². The number of benzene rings is 3. The lowest BCUT2D eigenvalue weighted by Gasteiger charge is -2.38. The van der Waals surface area contributed by atoms with E-state index >= 15 is 0 Å². The van der Waals surface area contributed by atoms with E-state index in [0.29, 0.717) is 49.2 Å². The largest absolute Gasteiger partial charge is 0.464 e. The molecule has 38 heavy (non-hydrogen) atoms. The fraction of sp³-hybridized carbons (Fsp3) is 0.308.